The molecule has 0 heterocycles. The summed E-state index contributed by atoms with van der Waals surface area (Å²) in [7, 11) is 1.01. The Balaban J connectivity index is 3.22. The monoisotopic (exact) mass is 274 g/mol. The second-order valence-corrected chi connectivity index (χ2v) is 5.73. The molecule has 0 saturated carbocycles. The zero-order chi connectivity index (χ0) is 13.8. The van der Waals surface area contributed by atoms with Crippen molar-refractivity contribution in [3.8, 4) is 11.5 Å². The fourth-order valence-corrected chi connectivity index (χ4v) is 2.49. The predicted molar refractivity (Wildman–Crippen MR) is 70.8 cm³/mol. The second-order valence-electron chi connectivity index (χ2n) is 3.61. The van der Waals surface area contributed by atoms with Crippen LogP contribution in [0.2, 0.25) is 0 Å². The smallest absolute Gasteiger partial charge is 0.236 e. The van der Waals surface area contributed by atoms with Gasteiger partial charge in [0.15, 0.2) is 0 Å². The van der Waals surface area contributed by atoms with Crippen LogP contribution >= 0.6 is 0 Å². The van der Waals surface area contributed by atoms with Crippen molar-refractivity contribution in [1.82, 2.24) is 0 Å². The van der Waals surface area contributed by atoms with Gasteiger partial charge in [-0.1, -0.05) is 0 Å². The molecule has 2 N–H and O–H groups in total. The van der Waals surface area contributed by atoms with Crippen molar-refractivity contribution in [2.75, 3.05) is 37.9 Å². The third-order valence-electron chi connectivity index (χ3n) is 2.52. The van der Waals surface area contributed by atoms with Gasteiger partial charge in [-0.2, -0.15) is 0 Å². The lowest BCUT2D eigenvalue weighted by Crippen LogP contribution is -2.32. The molecule has 7 heteroatoms. The Kier molecular flexibility index (Phi) is 4.80. The molecule has 0 aliphatic rings. The maximum Gasteiger partial charge on any atom is 0.236 e. The molecule has 0 fully saturated rings. The number of methoxy groups -OCH3 is 2. The number of nitrogens with two attached hydrogens (primary N) is 1. The first kappa shape index (κ1) is 14.6. The van der Waals surface area contributed by atoms with Gasteiger partial charge in [-0.25, -0.2) is 8.42 Å². The van der Waals surface area contributed by atoms with Crippen molar-refractivity contribution < 1.29 is 17.9 Å². The van der Waals surface area contributed by atoms with Crippen LogP contribution in [0.3, 0.4) is 0 Å². The third kappa shape index (κ3) is 3.05. The number of anilines is 1. The Hall–Kier alpha value is -1.47. The molecular weight excluding hydrogens is 256 g/mol. The first-order chi connectivity index (χ1) is 8.46. The Bertz CT molecular complexity index is 502. The van der Waals surface area contributed by atoms with E-state index in [9.17, 15) is 8.42 Å². The molecule has 18 heavy (non-hydrogen) atoms. The van der Waals surface area contributed by atoms with Crippen molar-refractivity contribution >= 4 is 15.7 Å². The molecular formula is C11H18N2O4S. The largest absolute Gasteiger partial charge is 0.497 e. The summed E-state index contributed by atoms with van der Waals surface area (Å²) in [5, 5.41) is 0. The van der Waals surface area contributed by atoms with Crippen LogP contribution in [0.1, 0.15) is 0 Å². The van der Waals surface area contributed by atoms with E-state index in [4.69, 9.17) is 15.2 Å². The first-order valence-corrected chi connectivity index (χ1v) is 6.96. The summed E-state index contributed by atoms with van der Waals surface area (Å²) in [6.07, 6.45) is 0. The van der Waals surface area contributed by atoms with Crippen LogP contribution in [-0.4, -0.2) is 42.0 Å². The fourth-order valence-electron chi connectivity index (χ4n) is 1.48. The topological polar surface area (TPSA) is 81.9 Å². The van der Waals surface area contributed by atoms with Crippen LogP contribution in [-0.2, 0) is 10.0 Å². The molecule has 0 amide bonds. The maximum atomic E-state index is 11.9. The van der Waals surface area contributed by atoms with Crippen LogP contribution in [0.4, 0.5) is 5.69 Å². The maximum absolute atomic E-state index is 11.9. The highest BCUT2D eigenvalue weighted by Gasteiger charge is 2.21. The normalized spacial score (nSPS) is 11.1. The number of rotatable bonds is 6. The fraction of sp³-hybridized carbons (Fsp3) is 0.455. The Morgan fingerprint density at radius 1 is 1.28 bits per heavy atom. The number of ether oxygens (including phenoxy) is 2. The van der Waals surface area contributed by atoms with Crippen LogP contribution < -0.4 is 19.5 Å². The molecule has 0 saturated heterocycles. The Morgan fingerprint density at radius 3 is 2.44 bits per heavy atom. The summed E-state index contributed by atoms with van der Waals surface area (Å²) in [5.41, 5.74) is 5.72. The van der Waals surface area contributed by atoms with Crippen molar-refractivity contribution in [2.45, 2.75) is 0 Å². The third-order valence-corrected chi connectivity index (χ3v) is 4.30. The van der Waals surface area contributed by atoms with Gasteiger partial charge in [-0.3, -0.25) is 4.31 Å². The summed E-state index contributed by atoms with van der Waals surface area (Å²) < 4.78 is 35.3. The Labute approximate surface area is 107 Å². The lowest BCUT2D eigenvalue weighted by molar-refractivity contribution is 0.404. The van der Waals surface area contributed by atoms with E-state index in [1.807, 2.05) is 0 Å². The highest BCUT2D eigenvalue weighted by molar-refractivity contribution is 7.92. The highest BCUT2D eigenvalue weighted by Crippen LogP contribution is 2.32. The van der Waals surface area contributed by atoms with Gasteiger partial charge in [0.1, 0.15) is 11.5 Å². The van der Waals surface area contributed by atoms with Gasteiger partial charge in [-0.05, 0) is 12.1 Å². The summed E-state index contributed by atoms with van der Waals surface area (Å²) in [5.74, 6) is 0.892. The standard InChI is InChI=1S/C11H18N2O4S/c1-13(18(14,15)7-6-12)10-8-9(16-2)4-5-11(10)17-3/h4-5,8H,6-7,12H2,1-3H3. The molecule has 1 rings (SSSR count). The van der Waals surface area contributed by atoms with Gasteiger partial charge in [0.2, 0.25) is 10.0 Å². The molecule has 0 aliphatic carbocycles. The van der Waals surface area contributed by atoms with Crippen molar-refractivity contribution in [2.24, 2.45) is 5.73 Å². The summed E-state index contributed by atoms with van der Waals surface area (Å²) in [6.45, 7) is 0.0684. The SMILES string of the molecule is COc1ccc(OC)c(N(C)S(=O)(=O)CCN)c1. The van der Waals surface area contributed by atoms with E-state index in [0.717, 1.165) is 4.31 Å². The van der Waals surface area contributed by atoms with Gasteiger partial charge in [-0.15, -0.1) is 0 Å². The molecule has 0 aliphatic heterocycles. The number of benzene rings is 1. The Morgan fingerprint density at radius 2 is 1.94 bits per heavy atom. The van der Waals surface area contributed by atoms with Crippen LogP contribution in [0.15, 0.2) is 18.2 Å². The van der Waals surface area contributed by atoms with E-state index in [1.54, 1.807) is 18.2 Å². The number of hydrogen-bond acceptors (Lipinski definition) is 5. The van der Waals surface area contributed by atoms with Crippen LogP contribution in [0, 0.1) is 0 Å². The molecule has 1 aromatic carbocycles. The van der Waals surface area contributed by atoms with Gasteiger partial charge < -0.3 is 15.2 Å². The highest BCUT2D eigenvalue weighted by atomic mass is 32.2. The van der Waals surface area contributed by atoms with Gasteiger partial charge in [0.05, 0.1) is 25.7 Å². The number of hydrogen-bond donors (Lipinski definition) is 1. The average molecular weight is 274 g/mol. The molecule has 0 spiro atoms. The van der Waals surface area contributed by atoms with Crippen molar-refractivity contribution in [3.63, 3.8) is 0 Å². The van der Waals surface area contributed by atoms with E-state index in [-0.39, 0.29) is 12.3 Å². The molecule has 0 atom stereocenters. The predicted octanol–water partition coefficient (Wildman–Crippen LogP) is 0.428. The summed E-state index contributed by atoms with van der Waals surface area (Å²) >= 11 is 0. The molecule has 1 aromatic rings. The average Bonchev–Trinajstić information content (AvgIpc) is 2.37. The zero-order valence-corrected chi connectivity index (χ0v) is 11.5. The molecule has 0 bridgehead atoms. The molecule has 0 aromatic heterocycles. The van der Waals surface area contributed by atoms with Gasteiger partial charge in [0, 0.05) is 19.7 Å². The van der Waals surface area contributed by atoms with Gasteiger partial charge in [0.25, 0.3) is 0 Å². The van der Waals surface area contributed by atoms with Crippen LogP contribution in [0.5, 0.6) is 11.5 Å². The van der Waals surface area contributed by atoms with E-state index < -0.39 is 10.0 Å². The lowest BCUT2D eigenvalue weighted by Gasteiger charge is -2.21. The summed E-state index contributed by atoms with van der Waals surface area (Å²) in [6, 6.07) is 4.96. The van der Waals surface area contributed by atoms with E-state index in [1.165, 1.54) is 21.3 Å². The summed E-state index contributed by atoms with van der Waals surface area (Å²) in [4.78, 5) is 0. The van der Waals surface area contributed by atoms with E-state index in [2.05, 4.69) is 0 Å². The minimum Gasteiger partial charge on any atom is -0.497 e. The zero-order valence-electron chi connectivity index (χ0n) is 10.7. The van der Waals surface area contributed by atoms with Gasteiger partial charge >= 0.3 is 0 Å². The lowest BCUT2D eigenvalue weighted by atomic mass is 10.3. The quantitative estimate of drug-likeness (QED) is 0.813. The van der Waals surface area contributed by atoms with E-state index in [0.29, 0.717) is 17.2 Å². The first-order valence-electron chi connectivity index (χ1n) is 5.35. The minimum atomic E-state index is -3.45. The van der Waals surface area contributed by atoms with Crippen LogP contribution in [0.25, 0.3) is 0 Å². The molecule has 0 radical (unpaired) electrons. The number of nitrogens with zero attached hydrogens (tertiary/aromatic N) is 1. The molecule has 0 unspecified atom stereocenters. The van der Waals surface area contributed by atoms with Crippen molar-refractivity contribution in [1.29, 1.82) is 0 Å². The molecule has 6 nitrogen and oxygen atoms in total. The minimum absolute atomic E-state index is 0.0684. The van der Waals surface area contributed by atoms with E-state index >= 15 is 0 Å². The number of sulfonamides is 1. The second kappa shape index (κ2) is 5.92. The van der Waals surface area contributed by atoms with Crippen molar-refractivity contribution in [3.05, 3.63) is 18.2 Å². The molecule has 102 valence electrons.